The molecule has 0 radical (unpaired) electrons. The van der Waals surface area contributed by atoms with E-state index in [2.05, 4.69) is 28.5 Å². The van der Waals surface area contributed by atoms with Crippen molar-refractivity contribution in [1.82, 2.24) is 4.57 Å². The van der Waals surface area contributed by atoms with Crippen LogP contribution in [0, 0.1) is 11.8 Å². The molecule has 0 aliphatic carbocycles. The SMILES string of the molecule is CC#CCn1ccc2cccc(Cl)c21. The standard InChI is InChI=1S/C12H10ClN/c1-2-3-8-14-9-7-10-5-4-6-11(13)12(10)14/h4-7,9H,8H2,1H3. The number of benzene rings is 1. The third-order valence-corrected chi connectivity index (χ3v) is 2.47. The summed E-state index contributed by atoms with van der Waals surface area (Å²) in [7, 11) is 0. The number of hydrogen-bond donors (Lipinski definition) is 0. The van der Waals surface area contributed by atoms with E-state index in [1.165, 1.54) is 0 Å². The molecule has 14 heavy (non-hydrogen) atoms. The van der Waals surface area contributed by atoms with Gasteiger partial charge in [0, 0.05) is 11.6 Å². The van der Waals surface area contributed by atoms with E-state index in [-0.39, 0.29) is 0 Å². The van der Waals surface area contributed by atoms with Crippen LogP contribution in [-0.2, 0) is 6.54 Å². The van der Waals surface area contributed by atoms with Gasteiger partial charge in [-0.15, -0.1) is 5.92 Å². The molecule has 1 nitrogen and oxygen atoms in total. The van der Waals surface area contributed by atoms with Crippen molar-refractivity contribution >= 4 is 22.5 Å². The second kappa shape index (κ2) is 3.77. The number of halogens is 1. The minimum atomic E-state index is 0.698. The summed E-state index contributed by atoms with van der Waals surface area (Å²) < 4.78 is 2.06. The number of fused-ring (bicyclic) bond motifs is 1. The normalized spacial score (nSPS) is 9.86. The molecule has 2 heteroatoms. The van der Waals surface area contributed by atoms with Crippen molar-refractivity contribution in [1.29, 1.82) is 0 Å². The fourth-order valence-corrected chi connectivity index (χ4v) is 1.80. The molecule has 0 spiro atoms. The van der Waals surface area contributed by atoms with E-state index in [0.717, 1.165) is 15.9 Å². The highest BCUT2D eigenvalue weighted by molar-refractivity contribution is 6.35. The molecule has 0 fully saturated rings. The van der Waals surface area contributed by atoms with Gasteiger partial charge in [0.15, 0.2) is 0 Å². The molecule has 1 aromatic carbocycles. The van der Waals surface area contributed by atoms with Gasteiger partial charge < -0.3 is 4.57 Å². The zero-order valence-corrected chi connectivity index (χ0v) is 8.67. The van der Waals surface area contributed by atoms with Crippen LogP contribution < -0.4 is 0 Å². The molecule has 0 saturated heterocycles. The van der Waals surface area contributed by atoms with Crippen molar-refractivity contribution in [2.24, 2.45) is 0 Å². The van der Waals surface area contributed by atoms with Gasteiger partial charge in [-0.25, -0.2) is 0 Å². The molecule has 0 N–H and O–H groups in total. The summed E-state index contributed by atoms with van der Waals surface area (Å²) in [6.07, 6.45) is 2.01. The first-order valence-electron chi connectivity index (χ1n) is 4.46. The van der Waals surface area contributed by atoms with Crippen LogP contribution in [0.5, 0.6) is 0 Å². The highest BCUT2D eigenvalue weighted by Gasteiger charge is 2.02. The minimum absolute atomic E-state index is 0.698. The van der Waals surface area contributed by atoms with Crippen LogP contribution in [0.4, 0.5) is 0 Å². The third-order valence-electron chi connectivity index (χ3n) is 2.17. The van der Waals surface area contributed by atoms with Gasteiger partial charge in [0.25, 0.3) is 0 Å². The van der Waals surface area contributed by atoms with Gasteiger partial charge in [-0.2, -0.15) is 0 Å². The molecule has 1 heterocycles. The van der Waals surface area contributed by atoms with Crippen molar-refractivity contribution < 1.29 is 0 Å². The average molecular weight is 204 g/mol. The summed E-state index contributed by atoms with van der Waals surface area (Å²) >= 11 is 6.11. The van der Waals surface area contributed by atoms with Gasteiger partial charge in [0.05, 0.1) is 17.1 Å². The number of hydrogen-bond acceptors (Lipinski definition) is 0. The van der Waals surface area contributed by atoms with E-state index in [1.54, 1.807) is 0 Å². The Morgan fingerprint density at radius 1 is 1.36 bits per heavy atom. The Balaban J connectivity index is 2.59. The molecule has 0 saturated carbocycles. The van der Waals surface area contributed by atoms with Gasteiger partial charge in [-0.3, -0.25) is 0 Å². The zero-order valence-electron chi connectivity index (χ0n) is 7.92. The van der Waals surface area contributed by atoms with Crippen LogP contribution in [0.25, 0.3) is 10.9 Å². The predicted octanol–water partition coefficient (Wildman–Crippen LogP) is 3.32. The summed E-state index contributed by atoms with van der Waals surface area (Å²) in [6, 6.07) is 7.97. The molecule has 2 aromatic rings. The number of nitrogens with zero attached hydrogens (tertiary/aromatic N) is 1. The largest absolute Gasteiger partial charge is 0.335 e. The Bertz CT molecular complexity index is 514. The number of aromatic nitrogens is 1. The van der Waals surface area contributed by atoms with Crippen LogP contribution in [0.1, 0.15) is 6.92 Å². The Morgan fingerprint density at radius 2 is 2.21 bits per heavy atom. The molecule has 0 unspecified atom stereocenters. The maximum atomic E-state index is 6.11. The maximum absolute atomic E-state index is 6.11. The lowest BCUT2D eigenvalue weighted by molar-refractivity contribution is 0.885. The van der Waals surface area contributed by atoms with Gasteiger partial charge in [-0.05, 0) is 19.1 Å². The third kappa shape index (κ3) is 1.49. The van der Waals surface area contributed by atoms with Crippen LogP contribution in [-0.4, -0.2) is 4.57 Å². The van der Waals surface area contributed by atoms with Crippen molar-refractivity contribution in [3.8, 4) is 11.8 Å². The van der Waals surface area contributed by atoms with E-state index in [9.17, 15) is 0 Å². The van der Waals surface area contributed by atoms with Gasteiger partial charge in [0.2, 0.25) is 0 Å². The quantitative estimate of drug-likeness (QED) is 0.627. The van der Waals surface area contributed by atoms with Gasteiger partial charge in [-0.1, -0.05) is 29.7 Å². The molecular formula is C12H10ClN. The summed E-state index contributed by atoms with van der Waals surface area (Å²) in [5.74, 6) is 5.90. The molecule has 1 aromatic heterocycles. The summed E-state index contributed by atoms with van der Waals surface area (Å²) in [6.45, 7) is 2.54. The highest BCUT2D eigenvalue weighted by atomic mass is 35.5. The van der Waals surface area contributed by atoms with Crippen LogP contribution in [0.2, 0.25) is 5.02 Å². The predicted molar refractivity (Wildman–Crippen MR) is 60.4 cm³/mol. The van der Waals surface area contributed by atoms with Gasteiger partial charge >= 0.3 is 0 Å². The Kier molecular flexibility index (Phi) is 2.47. The first-order valence-corrected chi connectivity index (χ1v) is 4.83. The Morgan fingerprint density at radius 3 is 3.00 bits per heavy atom. The lowest BCUT2D eigenvalue weighted by Gasteiger charge is -2.01. The fraction of sp³-hybridized carbons (Fsp3) is 0.167. The number of para-hydroxylation sites is 1. The minimum Gasteiger partial charge on any atom is -0.335 e. The summed E-state index contributed by atoms with van der Waals surface area (Å²) in [4.78, 5) is 0. The van der Waals surface area contributed by atoms with Crippen LogP contribution in [0.15, 0.2) is 30.5 Å². The second-order valence-electron chi connectivity index (χ2n) is 3.05. The first kappa shape index (κ1) is 9.18. The monoisotopic (exact) mass is 203 g/mol. The highest BCUT2D eigenvalue weighted by Crippen LogP contribution is 2.23. The van der Waals surface area contributed by atoms with E-state index < -0.39 is 0 Å². The second-order valence-corrected chi connectivity index (χ2v) is 3.46. The molecular weight excluding hydrogens is 194 g/mol. The molecule has 70 valence electrons. The first-order chi connectivity index (χ1) is 6.83. The van der Waals surface area contributed by atoms with Crippen molar-refractivity contribution in [3.05, 3.63) is 35.5 Å². The lowest BCUT2D eigenvalue weighted by atomic mass is 10.2. The average Bonchev–Trinajstić information content (AvgIpc) is 2.59. The Labute approximate surface area is 88.3 Å². The fourth-order valence-electron chi connectivity index (χ4n) is 1.51. The summed E-state index contributed by atoms with van der Waals surface area (Å²) in [5.41, 5.74) is 1.07. The van der Waals surface area contributed by atoms with E-state index in [4.69, 9.17) is 11.6 Å². The van der Waals surface area contributed by atoms with E-state index >= 15 is 0 Å². The lowest BCUT2D eigenvalue weighted by Crippen LogP contribution is -1.92. The van der Waals surface area contributed by atoms with Crippen molar-refractivity contribution in [2.45, 2.75) is 13.5 Å². The molecule has 0 aliphatic rings. The smallest absolute Gasteiger partial charge is 0.0837 e. The van der Waals surface area contributed by atoms with E-state index in [1.807, 2.05) is 25.3 Å². The number of rotatable bonds is 1. The maximum Gasteiger partial charge on any atom is 0.0837 e. The Hall–Kier alpha value is -1.39. The molecule has 2 rings (SSSR count). The molecule has 0 amide bonds. The van der Waals surface area contributed by atoms with Crippen LogP contribution in [0.3, 0.4) is 0 Å². The van der Waals surface area contributed by atoms with Crippen LogP contribution >= 0.6 is 11.6 Å². The van der Waals surface area contributed by atoms with E-state index in [0.29, 0.717) is 6.54 Å². The molecule has 0 atom stereocenters. The summed E-state index contributed by atoms with van der Waals surface area (Å²) in [5, 5.41) is 1.95. The molecule has 0 aliphatic heterocycles. The topological polar surface area (TPSA) is 4.93 Å². The zero-order chi connectivity index (χ0) is 9.97. The van der Waals surface area contributed by atoms with Crippen molar-refractivity contribution in [3.63, 3.8) is 0 Å². The molecule has 0 bridgehead atoms. The van der Waals surface area contributed by atoms with Crippen molar-refractivity contribution in [2.75, 3.05) is 0 Å². The van der Waals surface area contributed by atoms with Gasteiger partial charge in [0.1, 0.15) is 0 Å².